The summed E-state index contributed by atoms with van der Waals surface area (Å²) in [6, 6.07) is 13.3. The number of furan rings is 1. The lowest BCUT2D eigenvalue weighted by molar-refractivity contribution is -0.918. The maximum absolute atomic E-state index is 12.9. The minimum absolute atomic E-state index is 0.217. The lowest BCUT2D eigenvalue weighted by Gasteiger charge is -2.24. The number of piperidine rings is 1. The van der Waals surface area contributed by atoms with Crippen LogP contribution in [-0.4, -0.2) is 30.8 Å². The van der Waals surface area contributed by atoms with Crippen molar-refractivity contribution in [1.29, 1.82) is 0 Å². The lowest BCUT2D eigenvalue weighted by atomic mass is 10.0. The van der Waals surface area contributed by atoms with Crippen LogP contribution < -0.4 is 4.90 Å². The van der Waals surface area contributed by atoms with Crippen LogP contribution in [-0.2, 0) is 17.7 Å². The summed E-state index contributed by atoms with van der Waals surface area (Å²) >= 11 is 0. The first-order chi connectivity index (χ1) is 14.1. The molecule has 29 heavy (non-hydrogen) atoms. The number of esters is 1. The summed E-state index contributed by atoms with van der Waals surface area (Å²) in [5.74, 6) is 0.359. The highest BCUT2D eigenvalue weighted by atomic mass is 16.5. The van der Waals surface area contributed by atoms with E-state index < -0.39 is 5.97 Å². The van der Waals surface area contributed by atoms with E-state index in [-0.39, 0.29) is 5.75 Å². The van der Waals surface area contributed by atoms with Crippen molar-refractivity contribution in [1.82, 2.24) is 0 Å². The molecule has 1 saturated heterocycles. The van der Waals surface area contributed by atoms with Crippen LogP contribution in [0.2, 0.25) is 0 Å². The van der Waals surface area contributed by atoms with Crippen LogP contribution in [0, 0.1) is 6.92 Å². The highest BCUT2D eigenvalue weighted by molar-refractivity contribution is 6.06. The second-order valence-electron chi connectivity index (χ2n) is 7.83. The van der Waals surface area contributed by atoms with Crippen LogP contribution in [0.15, 0.2) is 46.9 Å². The average Bonchev–Trinajstić information content (AvgIpc) is 3.08. The molecule has 0 amide bonds. The SMILES string of the molecule is Cc1oc2ccc(O)c(C[NH+]3CCCCC3)c2c1C(=O)OCCc1ccccc1. The van der Waals surface area contributed by atoms with Gasteiger partial charge in [0.05, 0.1) is 25.3 Å². The maximum atomic E-state index is 12.9. The second kappa shape index (κ2) is 8.70. The topological polar surface area (TPSA) is 64.1 Å². The number of fused-ring (bicyclic) bond motifs is 1. The van der Waals surface area contributed by atoms with E-state index in [2.05, 4.69) is 0 Å². The van der Waals surface area contributed by atoms with E-state index in [4.69, 9.17) is 9.15 Å². The molecule has 1 aliphatic heterocycles. The van der Waals surface area contributed by atoms with Gasteiger partial charge in [0, 0.05) is 11.8 Å². The molecule has 0 bridgehead atoms. The molecule has 4 rings (SSSR count). The molecule has 0 aliphatic carbocycles. The number of ether oxygens (including phenoxy) is 1. The Morgan fingerprint density at radius 2 is 1.86 bits per heavy atom. The molecular weight excluding hydrogens is 366 g/mol. The van der Waals surface area contributed by atoms with Gasteiger partial charge in [0.25, 0.3) is 0 Å². The van der Waals surface area contributed by atoms with Crippen molar-refractivity contribution < 1.29 is 24.0 Å². The Kier molecular flexibility index (Phi) is 5.86. The van der Waals surface area contributed by atoms with E-state index in [1.54, 1.807) is 19.1 Å². The number of hydrogen-bond donors (Lipinski definition) is 2. The van der Waals surface area contributed by atoms with Crippen molar-refractivity contribution >= 4 is 16.9 Å². The van der Waals surface area contributed by atoms with E-state index >= 15 is 0 Å². The molecule has 2 heterocycles. The molecule has 5 heteroatoms. The third-order valence-electron chi connectivity index (χ3n) is 5.77. The van der Waals surface area contributed by atoms with Gasteiger partial charge in [0.1, 0.15) is 29.2 Å². The number of nitrogens with one attached hydrogen (secondary N) is 1. The van der Waals surface area contributed by atoms with Crippen LogP contribution in [0.4, 0.5) is 0 Å². The third-order valence-corrected chi connectivity index (χ3v) is 5.77. The van der Waals surface area contributed by atoms with Crippen molar-refractivity contribution in [3.8, 4) is 5.75 Å². The zero-order valence-electron chi connectivity index (χ0n) is 16.9. The molecule has 0 spiro atoms. The average molecular weight is 394 g/mol. The smallest absolute Gasteiger partial charge is 0.342 e. The third kappa shape index (κ3) is 4.30. The van der Waals surface area contributed by atoms with Crippen LogP contribution in [0.5, 0.6) is 5.75 Å². The first kappa shape index (κ1) is 19.5. The van der Waals surface area contributed by atoms with Gasteiger partial charge in [-0.15, -0.1) is 0 Å². The maximum Gasteiger partial charge on any atom is 0.342 e. The fourth-order valence-corrected chi connectivity index (χ4v) is 4.25. The van der Waals surface area contributed by atoms with Gasteiger partial charge in [-0.05, 0) is 43.9 Å². The number of aromatic hydroxyl groups is 1. The molecule has 0 radical (unpaired) electrons. The van der Waals surface area contributed by atoms with Crippen molar-refractivity contribution in [2.75, 3.05) is 19.7 Å². The van der Waals surface area contributed by atoms with E-state index in [1.165, 1.54) is 24.2 Å². The van der Waals surface area contributed by atoms with E-state index in [1.807, 2.05) is 30.3 Å². The van der Waals surface area contributed by atoms with Gasteiger partial charge in [-0.2, -0.15) is 0 Å². The highest BCUT2D eigenvalue weighted by Crippen LogP contribution is 2.34. The Morgan fingerprint density at radius 1 is 1.10 bits per heavy atom. The molecular formula is C24H28NO4+. The van der Waals surface area contributed by atoms with E-state index in [0.717, 1.165) is 24.2 Å². The summed E-state index contributed by atoms with van der Waals surface area (Å²) in [5, 5.41) is 11.3. The number of aryl methyl sites for hydroxylation is 1. The van der Waals surface area contributed by atoms with E-state index in [9.17, 15) is 9.90 Å². The van der Waals surface area contributed by atoms with Gasteiger partial charge < -0.3 is 19.2 Å². The molecule has 1 aliphatic rings. The standard InChI is InChI=1S/C24H27NO4/c1-17-22(24(27)28-15-12-18-8-4-2-5-9-18)23-19(16-25-13-6-3-7-14-25)20(26)10-11-21(23)29-17/h2,4-5,8-11,26H,3,6-7,12-16H2,1H3/p+1. The monoisotopic (exact) mass is 394 g/mol. The minimum Gasteiger partial charge on any atom is -0.507 e. The van der Waals surface area contributed by atoms with Crippen LogP contribution in [0.1, 0.15) is 46.5 Å². The number of rotatable bonds is 6. The first-order valence-corrected chi connectivity index (χ1v) is 10.4. The number of hydrogen-bond acceptors (Lipinski definition) is 4. The van der Waals surface area contributed by atoms with Crippen LogP contribution in [0.3, 0.4) is 0 Å². The normalized spacial score (nSPS) is 14.9. The molecule has 0 saturated carbocycles. The van der Waals surface area contributed by atoms with Gasteiger partial charge in [-0.3, -0.25) is 0 Å². The summed E-state index contributed by atoms with van der Waals surface area (Å²) in [7, 11) is 0. The lowest BCUT2D eigenvalue weighted by Crippen LogP contribution is -3.11. The summed E-state index contributed by atoms with van der Waals surface area (Å²) in [6.07, 6.45) is 4.33. The van der Waals surface area contributed by atoms with Crippen molar-refractivity contribution in [2.45, 2.75) is 39.2 Å². The Balaban J connectivity index is 1.58. The zero-order valence-corrected chi connectivity index (χ0v) is 16.9. The fourth-order valence-electron chi connectivity index (χ4n) is 4.25. The molecule has 2 N–H and O–H groups in total. The summed E-state index contributed by atoms with van der Waals surface area (Å²) in [4.78, 5) is 14.3. The predicted octanol–water partition coefficient (Wildman–Crippen LogP) is 3.42. The number of phenolic OH excluding ortho intramolecular Hbond substituents is 1. The molecule has 2 aromatic carbocycles. The van der Waals surface area contributed by atoms with E-state index in [0.29, 0.717) is 41.9 Å². The number of benzene rings is 2. The van der Waals surface area contributed by atoms with Gasteiger partial charge in [-0.1, -0.05) is 30.3 Å². The van der Waals surface area contributed by atoms with Crippen molar-refractivity contribution in [3.05, 3.63) is 64.9 Å². The molecule has 0 atom stereocenters. The number of carbonyl (C=O) groups is 1. The number of likely N-dealkylation sites (tertiary alicyclic amines) is 1. The summed E-state index contributed by atoms with van der Waals surface area (Å²) < 4.78 is 11.4. The Morgan fingerprint density at radius 3 is 2.62 bits per heavy atom. The second-order valence-corrected chi connectivity index (χ2v) is 7.83. The largest absolute Gasteiger partial charge is 0.507 e. The molecule has 0 unspecified atom stereocenters. The van der Waals surface area contributed by atoms with Gasteiger partial charge in [0.15, 0.2) is 0 Å². The number of quaternary nitrogens is 1. The summed E-state index contributed by atoms with van der Waals surface area (Å²) in [6.45, 7) is 4.95. The Hall–Kier alpha value is -2.79. The minimum atomic E-state index is -0.391. The van der Waals surface area contributed by atoms with Crippen LogP contribution in [0.25, 0.3) is 11.0 Å². The predicted molar refractivity (Wildman–Crippen MR) is 111 cm³/mol. The number of carbonyl (C=O) groups excluding carboxylic acids is 1. The quantitative estimate of drug-likeness (QED) is 0.629. The fraction of sp³-hybridized carbons (Fsp3) is 0.375. The Labute approximate surface area is 170 Å². The van der Waals surface area contributed by atoms with Crippen molar-refractivity contribution in [3.63, 3.8) is 0 Å². The summed E-state index contributed by atoms with van der Waals surface area (Å²) in [5.41, 5.74) is 2.98. The van der Waals surface area contributed by atoms with Crippen LogP contribution >= 0.6 is 0 Å². The zero-order chi connectivity index (χ0) is 20.2. The Bertz CT molecular complexity index is 987. The number of phenols is 1. The van der Waals surface area contributed by atoms with Crippen molar-refractivity contribution in [2.24, 2.45) is 0 Å². The first-order valence-electron chi connectivity index (χ1n) is 10.4. The molecule has 5 nitrogen and oxygen atoms in total. The van der Waals surface area contributed by atoms with Gasteiger partial charge in [0.2, 0.25) is 0 Å². The molecule has 3 aromatic rings. The van der Waals surface area contributed by atoms with Gasteiger partial charge in [-0.25, -0.2) is 4.79 Å². The highest BCUT2D eigenvalue weighted by Gasteiger charge is 2.26. The van der Waals surface area contributed by atoms with Gasteiger partial charge >= 0.3 is 5.97 Å². The molecule has 152 valence electrons. The molecule has 1 aromatic heterocycles. The molecule has 1 fully saturated rings.